The summed E-state index contributed by atoms with van der Waals surface area (Å²) in [5.41, 5.74) is 0.720. The zero-order valence-corrected chi connectivity index (χ0v) is 13.8. The molecule has 0 aromatic heterocycles. The fourth-order valence-electron chi connectivity index (χ4n) is 2.61. The first-order chi connectivity index (χ1) is 9.36. The fraction of sp³-hybridized carbons (Fsp3) is 0.562. The molecule has 1 aromatic carbocycles. The summed E-state index contributed by atoms with van der Waals surface area (Å²) >= 11 is 5.87. The van der Waals surface area contributed by atoms with Crippen LogP contribution in [-0.2, 0) is 0 Å². The Morgan fingerprint density at radius 3 is 2.20 bits per heavy atom. The Balaban J connectivity index is 2.82. The molecule has 4 heteroatoms. The summed E-state index contributed by atoms with van der Waals surface area (Å²) in [6.45, 7) is 8.03. The highest BCUT2D eigenvalue weighted by molar-refractivity contribution is 6.30. The molecule has 0 fully saturated rings. The topological polar surface area (TPSA) is 23.6 Å². The van der Waals surface area contributed by atoms with Crippen LogP contribution in [0.4, 0.5) is 0 Å². The minimum Gasteiger partial charge on any atom is -0.308 e. The van der Waals surface area contributed by atoms with Gasteiger partial charge >= 0.3 is 0 Å². The summed E-state index contributed by atoms with van der Waals surface area (Å²) in [5.74, 6) is 0.147. The number of Topliss-reactive ketones (excluding diaryl/α,β-unsaturated/α-hetero) is 1. The van der Waals surface area contributed by atoms with Crippen LogP contribution < -0.4 is 0 Å². The van der Waals surface area contributed by atoms with E-state index in [1.807, 2.05) is 6.92 Å². The maximum atomic E-state index is 12.5. The average molecular weight is 297 g/mol. The Bertz CT molecular complexity index is 431. The van der Waals surface area contributed by atoms with Gasteiger partial charge in [-0.05, 0) is 58.8 Å². The molecule has 0 spiro atoms. The predicted molar refractivity (Wildman–Crippen MR) is 85.6 cm³/mol. The highest BCUT2D eigenvalue weighted by Crippen LogP contribution is 2.15. The van der Waals surface area contributed by atoms with Gasteiger partial charge in [0.2, 0.25) is 0 Å². The molecular weight excluding hydrogens is 272 g/mol. The molecule has 0 radical (unpaired) electrons. The Hall–Kier alpha value is -0.900. The first kappa shape index (κ1) is 17.2. The van der Waals surface area contributed by atoms with Gasteiger partial charge in [0, 0.05) is 23.2 Å². The molecule has 3 nitrogen and oxygen atoms in total. The molecule has 0 bridgehead atoms. The van der Waals surface area contributed by atoms with Gasteiger partial charge in [-0.2, -0.15) is 0 Å². The van der Waals surface area contributed by atoms with Crippen LogP contribution in [0.25, 0.3) is 0 Å². The molecule has 0 aliphatic heterocycles. The summed E-state index contributed by atoms with van der Waals surface area (Å²) in [7, 11) is 4.10. The first-order valence-corrected chi connectivity index (χ1v) is 7.44. The summed E-state index contributed by atoms with van der Waals surface area (Å²) in [6, 6.07) is 7.33. The fourth-order valence-corrected chi connectivity index (χ4v) is 2.73. The van der Waals surface area contributed by atoms with Crippen LogP contribution in [0.15, 0.2) is 24.3 Å². The van der Waals surface area contributed by atoms with E-state index in [1.54, 1.807) is 24.3 Å². The molecule has 2 atom stereocenters. The van der Waals surface area contributed by atoms with Crippen molar-refractivity contribution in [3.05, 3.63) is 34.9 Å². The van der Waals surface area contributed by atoms with Crippen LogP contribution in [0.3, 0.4) is 0 Å². The minimum absolute atomic E-state index is 0.129. The van der Waals surface area contributed by atoms with Crippen molar-refractivity contribution in [2.75, 3.05) is 27.2 Å². The lowest BCUT2D eigenvalue weighted by Gasteiger charge is -2.34. The number of rotatable bonds is 7. The number of hydrogen-bond donors (Lipinski definition) is 0. The third-order valence-electron chi connectivity index (χ3n) is 3.57. The Kier molecular flexibility index (Phi) is 6.66. The van der Waals surface area contributed by atoms with E-state index in [0.29, 0.717) is 11.1 Å². The predicted octanol–water partition coefficient (Wildman–Crippen LogP) is 3.18. The van der Waals surface area contributed by atoms with E-state index in [2.05, 4.69) is 37.7 Å². The van der Waals surface area contributed by atoms with Gasteiger partial charge in [-0.25, -0.2) is 0 Å². The molecule has 0 heterocycles. The molecule has 2 unspecified atom stereocenters. The zero-order chi connectivity index (χ0) is 15.3. The molecule has 0 saturated carbocycles. The number of carbonyl (C=O) groups excluding carboxylic acids is 1. The lowest BCUT2D eigenvalue weighted by atomic mass is 10.0. The Labute approximate surface area is 127 Å². The van der Waals surface area contributed by atoms with Crippen LogP contribution in [0.5, 0.6) is 0 Å². The van der Waals surface area contributed by atoms with E-state index in [9.17, 15) is 4.79 Å². The van der Waals surface area contributed by atoms with Crippen molar-refractivity contribution in [1.29, 1.82) is 0 Å². The molecule has 1 aromatic rings. The second-order valence-electron chi connectivity index (χ2n) is 5.49. The molecule has 0 aliphatic rings. The number of nitrogens with zero attached hydrogens (tertiary/aromatic N) is 2. The molecule has 0 aliphatic carbocycles. The Morgan fingerprint density at radius 1 is 1.20 bits per heavy atom. The number of ketones is 1. The normalized spacial score (nSPS) is 14.6. The largest absolute Gasteiger partial charge is 0.308 e. The van der Waals surface area contributed by atoms with Crippen molar-refractivity contribution in [1.82, 2.24) is 9.80 Å². The van der Waals surface area contributed by atoms with Gasteiger partial charge in [-0.15, -0.1) is 0 Å². The molecule has 112 valence electrons. The molecule has 0 amide bonds. The summed E-state index contributed by atoms with van der Waals surface area (Å²) in [4.78, 5) is 16.9. The van der Waals surface area contributed by atoms with Crippen molar-refractivity contribution in [2.24, 2.45) is 0 Å². The minimum atomic E-state index is -0.129. The van der Waals surface area contributed by atoms with E-state index in [-0.39, 0.29) is 11.8 Å². The maximum absolute atomic E-state index is 12.5. The van der Waals surface area contributed by atoms with Gasteiger partial charge in [0.25, 0.3) is 0 Å². The smallest absolute Gasteiger partial charge is 0.179 e. The highest BCUT2D eigenvalue weighted by atomic mass is 35.5. The van der Waals surface area contributed by atoms with Crippen molar-refractivity contribution in [2.45, 2.75) is 32.9 Å². The zero-order valence-electron chi connectivity index (χ0n) is 13.1. The monoisotopic (exact) mass is 296 g/mol. The molecule has 1 rings (SSSR count). The number of carbonyl (C=O) groups is 1. The van der Waals surface area contributed by atoms with Gasteiger partial charge in [0.15, 0.2) is 5.78 Å². The number of hydrogen-bond acceptors (Lipinski definition) is 3. The average Bonchev–Trinajstić information content (AvgIpc) is 2.38. The van der Waals surface area contributed by atoms with Crippen molar-refractivity contribution in [3.63, 3.8) is 0 Å². The van der Waals surface area contributed by atoms with E-state index in [4.69, 9.17) is 11.6 Å². The second-order valence-corrected chi connectivity index (χ2v) is 5.93. The second kappa shape index (κ2) is 7.77. The van der Waals surface area contributed by atoms with Crippen molar-refractivity contribution < 1.29 is 4.79 Å². The highest BCUT2D eigenvalue weighted by Gasteiger charge is 2.25. The van der Waals surface area contributed by atoms with Gasteiger partial charge in [-0.1, -0.05) is 18.5 Å². The molecule has 0 N–H and O–H groups in total. The number of benzene rings is 1. The van der Waals surface area contributed by atoms with Gasteiger partial charge < -0.3 is 4.90 Å². The first-order valence-electron chi connectivity index (χ1n) is 7.07. The van der Waals surface area contributed by atoms with Crippen molar-refractivity contribution in [3.8, 4) is 0 Å². The van der Waals surface area contributed by atoms with Crippen LogP contribution in [0.1, 0.15) is 31.1 Å². The number of halogens is 1. The molecular formula is C16H25ClN2O. The maximum Gasteiger partial charge on any atom is 0.179 e. The summed E-state index contributed by atoms with van der Waals surface area (Å²) < 4.78 is 0. The van der Waals surface area contributed by atoms with Crippen molar-refractivity contribution >= 4 is 17.4 Å². The molecule has 0 saturated heterocycles. The van der Waals surface area contributed by atoms with E-state index < -0.39 is 0 Å². The molecule has 20 heavy (non-hydrogen) atoms. The van der Waals surface area contributed by atoms with Gasteiger partial charge in [0.1, 0.15) is 0 Å². The lowest BCUT2D eigenvalue weighted by molar-refractivity contribution is 0.0756. The summed E-state index contributed by atoms with van der Waals surface area (Å²) in [6.07, 6.45) is 0. The van der Waals surface area contributed by atoms with Gasteiger partial charge in [-0.3, -0.25) is 9.69 Å². The lowest BCUT2D eigenvalue weighted by Crippen LogP contribution is -2.48. The summed E-state index contributed by atoms with van der Waals surface area (Å²) in [5, 5.41) is 0.655. The third-order valence-corrected chi connectivity index (χ3v) is 3.82. The standard InChI is InChI=1S/C16H25ClN2O/c1-6-19(12(2)11-18(4)5)13(3)16(20)14-7-9-15(17)10-8-14/h7-10,12-13H,6,11H2,1-5H3. The van der Waals surface area contributed by atoms with Crippen LogP contribution in [0, 0.1) is 0 Å². The quantitative estimate of drug-likeness (QED) is 0.722. The SMILES string of the molecule is CCN(C(C)CN(C)C)C(C)C(=O)c1ccc(Cl)cc1. The Morgan fingerprint density at radius 2 is 1.75 bits per heavy atom. The van der Waals surface area contributed by atoms with E-state index in [0.717, 1.165) is 18.7 Å². The van der Waals surface area contributed by atoms with Crippen LogP contribution in [-0.4, -0.2) is 54.9 Å². The third kappa shape index (κ3) is 4.58. The van der Waals surface area contributed by atoms with Crippen LogP contribution in [0.2, 0.25) is 5.02 Å². The van der Waals surface area contributed by atoms with Crippen LogP contribution >= 0.6 is 11.6 Å². The van der Waals surface area contributed by atoms with E-state index >= 15 is 0 Å². The number of likely N-dealkylation sites (N-methyl/N-ethyl adjacent to an activating group) is 2. The van der Waals surface area contributed by atoms with E-state index in [1.165, 1.54) is 0 Å². The van der Waals surface area contributed by atoms with Gasteiger partial charge in [0.05, 0.1) is 6.04 Å².